The quantitative estimate of drug-likeness (QED) is 0.597. The molecular weight excluding hydrogens is 176 g/mol. The lowest BCUT2D eigenvalue weighted by atomic mass is 10.0. The zero-order valence-corrected chi connectivity index (χ0v) is 8.52. The highest BCUT2D eigenvalue weighted by Gasteiger charge is 2.08. The number of hydrogen-bond acceptors (Lipinski definition) is 2. The summed E-state index contributed by atoms with van der Waals surface area (Å²) in [5.74, 6) is 0.726. The molecule has 0 spiro atoms. The highest BCUT2D eigenvalue weighted by atomic mass is 16.5. The molecule has 2 aliphatic rings. The highest BCUT2D eigenvalue weighted by molar-refractivity contribution is 5.02. The van der Waals surface area contributed by atoms with E-state index in [2.05, 4.69) is 6.58 Å². The Bertz CT molecular complexity index is 188. The summed E-state index contributed by atoms with van der Waals surface area (Å²) in [6.07, 6.45) is 11.8. The van der Waals surface area contributed by atoms with Crippen molar-refractivity contribution < 1.29 is 9.47 Å². The van der Waals surface area contributed by atoms with Gasteiger partial charge in [0.1, 0.15) is 6.61 Å². The first-order valence-corrected chi connectivity index (χ1v) is 5.07. The smallest absolute Gasteiger partial charge is 0.106 e. The monoisotopic (exact) mass is 194 g/mol. The third-order valence-corrected chi connectivity index (χ3v) is 2.21. The van der Waals surface area contributed by atoms with E-state index in [0.717, 1.165) is 25.7 Å². The summed E-state index contributed by atoms with van der Waals surface area (Å²) < 4.78 is 9.96. The van der Waals surface area contributed by atoms with Crippen LogP contribution in [0.3, 0.4) is 0 Å². The van der Waals surface area contributed by atoms with Gasteiger partial charge >= 0.3 is 0 Å². The Labute approximate surface area is 85.9 Å². The lowest BCUT2D eigenvalue weighted by Gasteiger charge is -2.17. The lowest BCUT2D eigenvalue weighted by Crippen LogP contribution is -2.13. The molecule has 0 amide bonds. The van der Waals surface area contributed by atoms with Crippen LogP contribution in [0.15, 0.2) is 37.1 Å². The lowest BCUT2D eigenvalue weighted by molar-refractivity contribution is 0.0786. The third kappa shape index (κ3) is 4.87. The number of ether oxygens (including phenoxy) is 2. The first-order valence-electron chi connectivity index (χ1n) is 5.07. The Balaban J connectivity index is 0.000000146. The Morgan fingerprint density at radius 1 is 1.21 bits per heavy atom. The molecule has 0 atom stereocenters. The fourth-order valence-corrected chi connectivity index (χ4v) is 1.30. The summed E-state index contributed by atoms with van der Waals surface area (Å²) in [5.41, 5.74) is 0. The van der Waals surface area contributed by atoms with E-state index in [1.807, 2.05) is 24.3 Å². The van der Waals surface area contributed by atoms with Gasteiger partial charge in [-0.1, -0.05) is 12.2 Å². The van der Waals surface area contributed by atoms with Gasteiger partial charge in [0, 0.05) is 13.2 Å². The standard InChI is InChI=1S/C7H12O.C5H6O/c1-2-7-3-5-8-6-4-7;1-2-4-6-5-3-1/h2,7H,1,3-6H2;1-4H,5H2. The first-order chi connectivity index (χ1) is 6.93. The second-order valence-corrected chi connectivity index (χ2v) is 3.28. The molecule has 2 heterocycles. The van der Waals surface area contributed by atoms with Crippen molar-refractivity contribution in [3.05, 3.63) is 37.1 Å². The van der Waals surface area contributed by atoms with E-state index in [9.17, 15) is 0 Å². The molecule has 0 N–H and O–H groups in total. The van der Waals surface area contributed by atoms with Gasteiger partial charge in [-0.15, -0.1) is 6.58 Å². The molecule has 0 aromatic carbocycles. The maximum Gasteiger partial charge on any atom is 0.106 e. The van der Waals surface area contributed by atoms with Crippen LogP contribution in [-0.4, -0.2) is 19.8 Å². The van der Waals surface area contributed by atoms with Gasteiger partial charge in [-0.2, -0.15) is 0 Å². The predicted octanol–water partition coefficient (Wildman–Crippen LogP) is 2.69. The largest absolute Gasteiger partial charge is 0.497 e. The van der Waals surface area contributed by atoms with E-state index in [4.69, 9.17) is 9.47 Å². The molecular formula is C12H18O2. The Hall–Kier alpha value is -1.02. The minimum Gasteiger partial charge on any atom is -0.497 e. The Kier molecular flexibility index (Phi) is 5.84. The van der Waals surface area contributed by atoms with E-state index in [0.29, 0.717) is 0 Å². The molecule has 0 aromatic heterocycles. The van der Waals surface area contributed by atoms with Gasteiger partial charge in [-0.05, 0) is 30.9 Å². The normalized spacial score (nSPS) is 20.6. The van der Waals surface area contributed by atoms with Crippen LogP contribution < -0.4 is 0 Å². The molecule has 0 aliphatic carbocycles. The molecule has 0 aromatic rings. The second-order valence-electron chi connectivity index (χ2n) is 3.28. The van der Waals surface area contributed by atoms with Crippen molar-refractivity contribution in [2.24, 2.45) is 5.92 Å². The van der Waals surface area contributed by atoms with Crippen molar-refractivity contribution in [2.75, 3.05) is 19.8 Å². The van der Waals surface area contributed by atoms with Crippen LogP contribution in [0.5, 0.6) is 0 Å². The van der Waals surface area contributed by atoms with Crippen LogP contribution in [0.2, 0.25) is 0 Å². The minimum atomic E-state index is 0.726. The highest BCUT2D eigenvalue weighted by Crippen LogP contribution is 2.14. The maximum atomic E-state index is 5.15. The molecule has 1 fully saturated rings. The number of allylic oxidation sites excluding steroid dienone is 3. The summed E-state index contributed by atoms with van der Waals surface area (Å²) >= 11 is 0. The van der Waals surface area contributed by atoms with Crippen molar-refractivity contribution in [2.45, 2.75) is 12.8 Å². The van der Waals surface area contributed by atoms with E-state index in [1.54, 1.807) is 6.26 Å². The van der Waals surface area contributed by atoms with Crippen LogP contribution in [0.1, 0.15) is 12.8 Å². The van der Waals surface area contributed by atoms with Crippen LogP contribution in [0, 0.1) is 5.92 Å². The Morgan fingerprint density at radius 2 is 2.00 bits per heavy atom. The van der Waals surface area contributed by atoms with Crippen molar-refractivity contribution in [1.82, 2.24) is 0 Å². The third-order valence-electron chi connectivity index (χ3n) is 2.21. The Morgan fingerprint density at radius 3 is 2.29 bits per heavy atom. The maximum absolute atomic E-state index is 5.15. The van der Waals surface area contributed by atoms with E-state index in [-0.39, 0.29) is 0 Å². The molecule has 0 radical (unpaired) electrons. The summed E-state index contributed by atoms with van der Waals surface area (Å²) in [6, 6.07) is 0. The molecule has 78 valence electrons. The van der Waals surface area contributed by atoms with Crippen molar-refractivity contribution in [3.63, 3.8) is 0 Å². The van der Waals surface area contributed by atoms with Crippen molar-refractivity contribution in [1.29, 1.82) is 0 Å². The SMILES string of the molecule is C1=CCOC=C1.C=CC1CCOCC1. The van der Waals surface area contributed by atoms with Crippen molar-refractivity contribution in [3.8, 4) is 0 Å². The van der Waals surface area contributed by atoms with Gasteiger partial charge in [0.05, 0.1) is 6.26 Å². The molecule has 2 heteroatoms. The molecule has 2 rings (SSSR count). The average molecular weight is 194 g/mol. The fourth-order valence-electron chi connectivity index (χ4n) is 1.30. The number of hydrogen-bond donors (Lipinski definition) is 0. The molecule has 2 aliphatic heterocycles. The van der Waals surface area contributed by atoms with Gasteiger partial charge in [-0.25, -0.2) is 0 Å². The molecule has 0 saturated carbocycles. The molecule has 2 nitrogen and oxygen atoms in total. The van der Waals surface area contributed by atoms with Gasteiger partial charge in [0.25, 0.3) is 0 Å². The minimum absolute atomic E-state index is 0.726. The van der Waals surface area contributed by atoms with Crippen molar-refractivity contribution >= 4 is 0 Å². The van der Waals surface area contributed by atoms with Gasteiger partial charge in [0.2, 0.25) is 0 Å². The summed E-state index contributed by atoms with van der Waals surface area (Å²) in [5, 5.41) is 0. The molecule has 0 unspecified atom stereocenters. The zero-order valence-electron chi connectivity index (χ0n) is 8.52. The van der Waals surface area contributed by atoms with Crippen LogP contribution >= 0.6 is 0 Å². The van der Waals surface area contributed by atoms with E-state index < -0.39 is 0 Å². The number of rotatable bonds is 1. The summed E-state index contributed by atoms with van der Waals surface area (Å²) in [7, 11) is 0. The molecule has 14 heavy (non-hydrogen) atoms. The van der Waals surface area contributed by atoms with Crippen LogP contribution in [0.4, 0.5) is 0 Å². The van der Waals surface area contributed by atoms with Crippen LogP contribution in [-0.2, 0) is 9.47 Å². The average Bonchev–Trinajstić information content (AvgIpc) is 2.33. The summed E-state index contributed by atoms with van der Waals surface area (Å²) in [4.78, 5) is 0. The molecule has 1 saturated heterocycles. The molecule has 0 bridgehead atoms. The van der Waals surface area contributed by atoms with E-state index in [1.165, 1.54) is 12.8 Å². The van der Waals surface area contributed by atoms with Gasteiger partial charge in [-0.3, -0.25) is 0 Å². The van der Waals surface area contributed by atoms with Crippen LogP contribution in [0.25, 0.3) is 0 Å². The first kappa shape index (κ1) is 11.1. The second kappa shape index (κ2) is 7.39. The summed E-state index contributed by atoms with van der Waals surface area (Å²) in [6.45, 7) is 6.32. The van der Waals surface area contributed by atoms with Gasteiger partial charge in [0.15, 0.2) is 0 Å². The zero-order chi connectivity index (χ0) is 10.1. The van der Waals surface area contributed by atoms with Gasteiger partial charge < -0.3 is 9.47 Å². The van der Waals surface area contributed by atoms with E-state index >= 15 is 0 Å². The topological polar surface area (TPSA) is 18.5 Å². The predicted molar refractivity (Wildman–Crippen MR) is 58.0 cm³/mol. The fraction of sp³-hybridized carbons (Fsp3) is 0.500.